The molecule has 0 radical (unpaired) electrons. The molecular weight excluding hydrogens is 755 g/mol. The Morgan fingerprint density at radius 1 is 0.814 bits per heavy atom. The maximum Gasteiger partial charge on any atom is 0.407 e. The molecule has 4 amide bonds. The third-order valence-corrected chi connectivity index (χ3v) is 12.0. The molecule has 16 heteroatoms. The van der Waals surface area contributed by atoms with Gasteiger partial charge in [-0.25, -0.2) is 14.8 Å². The fraction of sp³-hybridized carbons (Fsp3) is 0.488. The number of ether oxygens (including phenoxy) is 2. The van der Waals surface area contributed by atoms with Crippen LogP contribution in [0, 0.1) is 11.8 Å². The Labute approximate surface area is 343 Å². The fourth-order valence-electron chi connectivity index (χ4n) is 9.00. The molecule has 4 aromatic rings. The second kappa shape index (κ2) is 16.4. The number of aromatic amines is 2. The summed E-state index contributed by atoms with van der Waals surface area (Å²) in [6.07, 6.45) is 8.00. The van der Waals surface area contributed by atoms with Crippen molar-refractivity contribution in [2.24, 2.45) is 11.8 Å². The summed E-state index contributed by atoms with van der Waals surface area (Å²) in [4.78, 5) is 73.9. The minimum absolute atomic E-state index is 0.121. The number of aryl methyl sites for hydroxylation is 1. The number of benzene rings is 2. The zero-order valence-corrected chi connectivity index (χ0v) is 34.2. The summed E-state index contributed by atoms with van der Waals surface area (Å²) >= 11 is 0. The van der Waals surface area contributed by atoms with E-state index in [0.29, 0.717) is 24.7 Å². The van der Waals surface area contributed by atoms with Crippen molar-refractivity contribution < 1.29 is 33.8 Å². The van der Waals surface area contributed by atoms with Gasteiger partial charge in [0.25, 0.3) is 0 Å². The molecule has 312 valence electrons. The molecule has 5 N–H and O–H groups in total. The van der Waals surface area contributed by atoms with Gasteiger partial charge in [-0.2, -0.15) is 0 Å². The maximum absolute atomic E-state index is 13.7. The molecule has 6 heterocycles. The lowest BCUT2D eigenvalue weighted by Crippen LogP contribution is -2.51. The van der Waals surface area contributed by atoms with Gasteiger partial charge >= 0.3 is 6.09 Å². The molecule has 0 bridgehead atoms. The van der Waals surface area contributed by atoms with E-state index in [1.54, 1.807) is 11.1 Å². The molecule has 16 nitrogen and oxygen atoms in total. The monoisotopic (exact) mass is 807 g/mol. The quantitative estimate of drug-likeness (QED) is 0.129. The van der Waals surface area contributed by atoms with E-state index < -0.39 is 30.7 Å². The summed E-state index contributed by atoms with van der Waals surface area (Å²) in [7, 11) is 1.29. The number of anilines is 2. The molecule has 0 aliphatic carbocycles. The average molecular weight is 808 g/mol. The summed E-state index contributed by atoms with van der Waals surface area (Å²) in [5.74, 6) is 1.74. The van der Waals surface area contributed by atoms with Gasteiger partial charge in [0.1, 0.15) is 30.3 Å². The summed E-state index contributed by atoms with van der Waals surface area (Å²) in [5, 5.41) is 14.7. The molecule has 2 aromatic heterocycles. The average Bonchev–Trinajstić information content (AvgIpc) is 4.08. The lowest BCUT2D eigenvalue weighted by Gasteiger charge is -2.38. The third-order valence-electron chi connectivity index (χ3n) is 12.0. The number of hydrogen-bond donors (Lipinski definition) is 5. The van der Waals surface area contributed by atoms with Gasteiger partial charge in [-0.15, -0.1) is 0 Å². The molecule has 0 unspecified atom stereocenters. The summed E-state index contributed by atoms with van der Waals surface area (Å²) in [6.45, 7) is 8.86. The normalized spacial score (nSPS) is 19.3. The van der Waals surface area contributed by atoms with E-state index in [9.17, 15) is 24.3 Å². The third kappa shape index (κ3) is 7.61. The number of aromatic nitrogens is 4. The molecule has 4 aliphatic heterocycles. The van der Waals surface area contributed by atoms with Crippen molar-refractivity contribution in [1.82, 2.24) is 40.4 Å². The number of methoxy groups -OCH3 is 1. The van der Waals surface area contributed by atoms with Crippen molar-refractivity contribution in [3.8, 4) is 34.0 Å². The highest BCUT2D eigenvalue weighted by Gasteiger charge is 2.39. The number of aliphatic hydroxyl groups is 1. The van der Waals surface area contributed by atoms with Crippen LogP contribution >= 0.6 is 0 Å². The molecular formula is C43H53N9O7. The molecule has 8 rings (SSSR count). The van der Waals surface area contributed by atoms with Crippen molar-refractivity contribution in [2.75, 3.05) is 38.3 Å². The largest absolute Gasteiger partial charge is 0.453 e. The molecule has 2 fully saturated rings. The Bertz CT molecular complexity index is 2250. The van der Waals surface area contributed by atoms with Crippen LogP contribution in [-0.2, 0) is 25.5 Å². The zero-order chi connectivity index (χ0) is 41.5. The first kappa shape index (κ1) is 39.9. The molecule has 4 aliphatic rings. The van der Waals surface area contributed by atoms with Crippen molar-refractivity contribution in [3.05, 3.63) is 59.9 Å². The number of alkyl carbamates (subject to hydrolysis) is 1. The van der Waals surface area contributed by atoms with Crippen LogP contribution in [0.3, 0.4) is 0 Å². The standard InChI is InChI=1S/C43H53N9O7/c1-23(2)36(48-35(54)22-53)41(55)51-15-7-10-30(51)39-44-20-28(46-39)25-12-13-33-32(18-25)50-14-6-9-26-17-27(19-34(59-33)38(26)50)29-21-45-40(47-29)31-11-8-16-52(31)42(56)37(24(3)4)49-43(57)58-5/h12-13,17-21,23-24,30-31,36-37,53H,6-11,14-16,22H2,1-5H3,(H,44,46)(H,45,47)(H,48,54)(H,49,57)/t30-,31-,36-,37-/m0/s1. The van der Waals surface area contributed by atoms with Crippen LogP contribution in [-0.4, -0.2) is 104 Å². The molecule has 4 atom stereocenters. The van der Waals surface area contributed by atoms with E-state index >= 15 is 0 Å². The van der Waals surface area contributed by atoms with E-state index in [2.05, 4.69) is 37.6 Å². The zero-order valence-electron chi connectivity index (χ0n) is 34.2. The number of rotatable bonds is 11. The van der Waals surface area contributed by atoms with Gasteiger partial charge in [-0.3, -0.25) is 14.4 Å². The van der Waals surface area contributed by atoms with Gasteiger partial charge < -0.3 is 49.9 Å². The van der Waals surface area contributed by atoms with E-state index in [-0.39, 0.29) is 35.7 Å². The Morgan fingerprint density at radius 2 is 1.42 bits per heavy atom. The Balaban J connectivity index is 1.01. The number of nitrogens with zero attached hydrogens (tertiary/aromatic N) is 5. The van der Waals surface area contributed by atoms with Crippen molar-refractivity contribution in [1.29, 1.82) is 0 Å². The number of likely N-dealkylation sites (tertiary alicyclic amines) is 2. The summed E-state index contributed by atoms with van der Waals surface area (Å²) in [5.41, 5.74) is 6.73. The van der Waals surface area contributed by atoms with Crippen LogP contribution in [0.2, 0.25) is 0 Å². The first-order chi connectivity index (χ1) is 28.4. The molecule has 2 saturated heterocycles. The van der Waals surface area contributed by atoms with Gasteiger partial charge in [0, 0.05) is 30.8 Å². The van der Waals surface area contributed by atoms with Crippen LogP contribution < -0.4 is 20.3 Å². The second-order valence-electron chi connectivity index (χ2n) is 16.6. The predicted molar refractivity (Wildman–Crippen MR) is 219 cm³/mol. The Hall–Kier alpha value is -5.90. The van der Waals surface area contributed by atoms with E-state index in [4.69, 9.17) is 19.4 Å². The number of H-pyrrole nitrogens is 2. The van der Waals surface area contributed by atoms with Gasteiger partial charge in [0.2, 0.25) is 17.7 Å². The number of nitrogens with one attached hydrogen (secondary N) is 4. The fourth-order valence-corrected chi connectivity index (χ4v) is 9.00. The topological polar surface area (TPSA) is 198 Å². The van der Waals surface area contributed by atoms with E-state index in [1.165, 1.54) is 12.7 Å². The Morgan fingerprint density at radius 3 is 2.02 bits per heavy atom. The molecule has 0 saturated carbocycles. The van der Waals surface area contributed by atoms with Crippen molar-refractivity contribution in [3.63, 3.8) is 0 Å². The van der Waals surface area contributed by atoms with Crippen LogP contribution in [0.5, 0.6) is 11.5 Å². The van der Waals surface area contributed by atoms with Crippen molar-refractivity contribution >= 4 is 35.2 Å². The highest BCUT2D eigenvalue weighted by Crippen LogP contribution is 2.52. The number of hydrogen-bond acceptors (Lipinski definition) is 10. The highest BCUT2D eigenvalue weighted by molar-refractivity contribution is 5.89. The minimum atomic E-state index is -0.738. The number of carbonyl (C=O) groups excluding carboxylic acids is 4. The molecule has 0 spiro atoms. The smallest absolute Gasteiger partial charge is 0.407 e. The summed E-state index contributed by atoms with van der Waals surface area (Å²) < 4.78 is 11.4. The lowest BCUT2D eigenvalue weighted by molar-refractivity contribution is -0.139. The van der Waals surface area contributed by atoms with E-state index in [1.807, 2.05) is 57.0 Å². The Kier molecular flexibility index (Phi) is 11.1. The number of amides is 4. The number of fused-ring (bicyclic) bond motifs is 2. The van der Waals surface area contributed by atoms with Gasteiger partial charge in [0.15, 0.2) is 11.5 Å². The van der Waals surface area contributed by atoms with Crippen LogP contribution in [0.15, 0.2) is 42.7 Å². The second-order valence-corrected chi connectivity index (χ2v) is 16.6. The van der Waals surface area contributed by atoms with Crippen LogP contribution in [0.4, 0.5) is 16.2 Å². The van der Waals surface area contributed by atoms with Crippen molar-refractivity contribution in [2.45, 2.75) is 90.4 Å². The highest BCUT2D eigenvalue weighted by atomic mass is 16.5. The van der Waals surface area contributed by atoms with Gasteiger partial charge in [0.05, 0.1) is 54.3 Å². The van der Waals surface area contributed by atoms with Crippen LogP contribution in [0.1, 0.15) is 89.1 Å². The SMILES string of the molecule is COC(=O)N[C@H](C(=O)N1CCC[C@H]1c1ncc(-c2cc3c4c(c2)Oc2ccc(-c5cnc([C@@H]6CCCN6C(=O)[C@@H](NC(=O)CO)C(C)C)[nH]5)cc2N4CCC3)[nH]1)C(C)C. The maximum atomic E-state index is 13.7. The van der Waals surface area contributed by atoms with E-state index in [0.717, 1.165) is 90.5 Å². The first-order valence-corrected chi connectivity index (χ1v) is 20.7. The van der Waals surface area contributed by atoms with Gasteiger partial charge in [-0.1, -0.05) is 27.7 Å². The number of carbonyl (C=O) groups is 4. The van der Waals surface area contributed by atoms with Crippen LogP contribution in [0.25, 0.3) is 22.5 Å². The number of aliphatic hydroxyl groups excluding tert-OH is 1. The predicted octanol–water partition coefficient (Wildman–Crippen LogP) is 5.50. The minimum Gasteiger partial charge on any atom is -0.453 e. The molecule has 59 heavy (non-hydrogen) atoms. The summed E-state index contributed by atoms with van der Waals surface area (Å²) in [6, 6.07) is 8.41. The lowest BCUT2D eigenvalue weighted by atomic mass is 9.95. The number of imidazole rings is 2. The van der Waals surface area contributed by atoms with Gasteiger partial charge in [-0.05, 0) is 86.3 Å². The molecule has 2 aromatic carbocycles. The first-order valence-electron chi connectivity index (χ1n) is 20.7.